The second kappa shape index (κ2) is 9.29. The zero-order chi connectivity index (χ0) is 19.1. The Bertz CT molecular complexity index is 768. The number of halogens is 1. The van der Waals surface area contributed by atoms with Crippen LogP contribution >= 0.6 is 11.6 Å². The van der Waals surface area contributed by atoms with Crippen LogP contribution in [-0.4, -0.2) is 43.6 Å². The predicted molar refractivity (Wildman–Crippen MR) is 104 cm³/mol. The van der Waals surface area contributed by atoms with Crippen molar-refractivity contribution in [2.45, 2.75) is 19.8 Å². The van der Waals surface area contributed by atoms with Gasteiger partial charge in [0.1, 0.15) is 11.5 Å². The van der Waals surface area contributed by atoms with Gasteiger partial charge < -0.3 is 19.7 Å². The summed E-state index contributed by atoms with van der Waals surface area (Å²) < 4.78 is 10.6. The van der Waals surface area contributed by atoms with Crippen LogP contribution in [0.3, 0.4) is 0 Å². The number of hydrogen-bond donors (Lipinski definition) is 1. The standard InChI is InChI=1S/C19H24ClN3O3/c1-5-6-7-23(2)19(24)13-8-14(12-21-11-13)22-16-10-17(25-3)15(20)9-18(16)26-4/h8-12,22H,5-7H2,1-4H3. The molecule has 6 nitrogen and oxygen atoms in total. The number of pyridine rings is 1. The number of amides is 1. The molecule has 140 valence electrons. The molecule has 0 atom stereocenters. The maximum Gasteiger partial charge on any atom is 0.255 e. The van der Waals surface area contributed by atoms with E-state index in [1.165, 1.54) is 0 Å². The number of carbonyl (C=O) groups excluding carboxylic acids is 1. The van der Waals surface area contributed by atoms with Crippen LogP contribution in [0, 0.1) is 0 Å². The molecule has 1 amide bonds. The van der Waals surface area contributed by atoms with Crippen LogP contribution < -0.4 is 14.8 Å². The van der Waals surface area contributed by atoms with Crippen LogP contribution in [0.1, 0.15) is 30.1 Å². The summed E-state index contributed by atoms with van der Waals surface area (Å²) in [6, 6.07) is 5.17. The highest BCUT2D eigenvalue weighted by molar-refractivity contribution is 6.32. The third-order valence-electron chi connectivity index (χ3n) is 3.93. The monoisotopic (exact) mass is 377 g/mol. The Hall–Kier alpha value is -2.47. The van der Waals surface area contributed by atoms with E-state index in [9.17, 15) is 4.79 Å². The number of methoxy groups -OCH3 is 2. The van der Waals surface area contributed by atoms with E-state index in [2.05, 4.69) is 17.2 Å². The molecule has 0 aliphatic heterocycles. The van der Waals surface area contributed by atoms with E-state index >= 15 is 0 Å². The molecule has 0 aliphatic rings. The average Bonchev–Trinajstić information content (AvgIpc) is 2.66. The molecule has 2 rings (SSSR count). The fourth-order valence-electron chi connectivity index (χ4n) is 2.46. The van der Waals surface area contributed by atoms with E-state index in [0.717, 1.165) is 19.4 Å². The summed E-state index contributed by atoms with van der Waals surface area (Å²) in [5.41, 5.74) is 1.86. The molecule has 1 N–H and O–H groups in total. The highest BCUT2D eigenvalue weighted by atomic mass is 35.5. The number of nitrogens with zero attached hydrogens (tertiary/aromatic N) is 2. The molecular formula is C19H24ClN3O3. The molecule has 0 aliphatic carbocycles. The molecule has 0 spiro atoms. The van der Waals surface area contributed by atoms with Crippen molar-refractivity contribution in [2.24, 2.45) is 0 Å². The van der Waals surface area contributed by atoms with Crippen LogP contribution in [-0.2, 0) is 0 Å². The highest BCUT2D eigenvalue weighted by Crippen LogP contribution is 2.37. The molecule has 0 saturated carbocycles. The van der Waals surface area contributed by atoms with E-state index in [0.29, 0.717) is 33.5 Å². The largest absolute Gasteiger partial charge is 0.495 e. The summed E-state index contributed by atoms with van der Waals surface area (Å²) in [6.07, 6.45) is 5.21. The summed E-state index contributed by atoms with van der Waals surface area (Å²) in [4.78, 5) is 18.4. The predicted octanol–water partition coefficient (Wildman–Crippen LogP) is 4.37. The minimum Gasteiger partial charge on any atom is -0.495 e. The van der Waals surface area contributed by atoms with E-state index < -0.39 is 0 Å². The van der Waals surface area contributed by atoms with Gasteiger partial charge in [-0.1, -0.05) is 24.9 Å². The zero-order valence-corrected chi connectivity index (χ0v) is 16.3. The van der Waals surface area contributed by atoms with Gasteiger partial charge in [-0.15, -0.1) is 0 Å². The fraction of sp³-hybridized carbons (Fsp3) is 0.368. The van der Waals surface area contributed by atoms with Crippen molar-refractivity contribution in [2.75, 3.05) is 33.1 Å². The Morgan fingerprint density at radius 3 is 2.58 bits per heavy atom. The molecule has 26 heavy (non-hydrogen) atoms. The van der Waals surface area contributed by atoms with E-state index in [1.807, 2.05) is 0 Å². The molecule has 7 heteroatoms. The molecule has 1 aromatic heterocycles. The van der Waals surface area contributed by atoms with Gasteiger partial charge in [-0.2, -0.15) is 0 Å². The van der Waals surface area contributed by atoms with E-state index in [1.54, 1.807) is 56.8 Å². The van der Waals surface area contributed by atoms with Gasteiger partial charge in [0.2, 0.25) is 0 Å². The van der Waals surface area contributed by atoms with Crippen molar-refractivity contribution < 1.29 is 14.3 Å². The molecule has 2 aromatic rings. The second-order valence-electron chi connectivity index (χ2n) is 5.85. The van der Waals surface area contributed by atoms with Gasteiger partial charge in [0.25, 0.3) is 5.91 Å². The Kier molecular flexibility index (Phi) is 7.09. The summed E-state index contributed by atoms with van der Waals surface area (Å²) in [7, 11) is 4.90. The van der Waals surface area contributed by atoms with Crippen molar-refractivity contribution in [3.63, 3.8) is 0 Å². The normalized spacial score (nSPS) is 10.3. The van der Waals surface area contributed by atoms with Crippen molar-refractivity contribution in [3.05, 3.63) is 41.2 Å². The summed E-state index contributed by atoms with van der Waals surface area (Å²) >= 11 is 6.13. The summed E-state index contributed by atoms with van der Waals surface area (Å²) in [5.74, 6) is 1.03. The molecule has 0 fully saturated rings. The number of anilines is 2. The number of unbranched alkanes of at least 4 members (excludes halogenated alkanes) is 1. The highest BCUT2D eigenvalue weighted by Gasteiger charge is 2.14. The Labute approximate surface area is 159 Å². The zero-order valence-electron chi connectivity index (χ0n) is 15.5. The molecule has 0 unspecified atom stereocenters. The van der Waals surface area contributed by atoms with Crippen LogP contribution in [0.15, 0.2) is 30.6 Å². The first-order valence-corrected chi connectivity index (χ1v) is 8.77. The van der Waals surface area contributed by atoms with Crippen LogP contribution in [0.2, 0.25) is 5.02 Å². The topological polar surface area (TPSA) is 63.7 Å². The smallest absolute Gasteiger partial charge is 0.255 e. The van der Waals surface area contributed by atoms with Gasteiger partial charge >= 0.3 is 0 Å². The summed E-state index contributed by atoms with van der Waals surface area (Å²) in [5, 5.41) is 3.66. The van der Waals surface area contributed by atoms with E-state index in [4.69, 9.17) is 21.1 Å². The third-order valence-corrected chi connectivity index (χ3v) is 4.23. The quantitative estimate of drug-likeness (QED) is 0.740. The SMILES string of the molecule is CCCCN(C)C(=O)c1cncc(Nc2cc(OC)c(Cl)cc2OC)c1. The third kappa shape index (κ3) is 4.79. The van der Waals surface area contributed by atoms with Crippen LogP contribution in [0.25, 0.3) is 0 Å². The molecular weight excluding hydrogens is 354 g/mol. The first kappa shape index (κ1) is 19.8. The lowest BCUT2D eigenvalue weighted by molar-refractivity contribution is 0.0793. The van der Waals surface area contributed by atoms with Crippen LogP contribution in [0.4, 0.5) is 11.4 Å². The van der Waals surface area contributed by atoms with Gasteiger partial charge in [0, 0.05) is 31.9 Å². The number of benzene rings is 1. The van der Waals surface area contributed by atoms with Crippen LogP contribution in [0.5, 0.6) is 11.5 Å². The van der Waals surface area contributed by atoms with Crippen molar-refractivity contribution >= 4 is 28.9 Å². The van der Waals surface area contributed by atoms with Crippen molar-refractivity contribution in [3.8, 4) is 11.5 Å². The lowest BCUT2D eigenvalue weighted by Crippen LogP contribution is -2.27. The van der Waals surface area contributed by atoms with Gasteiger partial charge in [0.05, 0.1) is 42.4 Å². The molecule has 1 aromatic carbocycles. The van der Waals surface area contributed by atoms with Crippen molar-refractivity contribution in [1.82, 2.24) is 9.88 Å². The molecule has 0 bridgehead atoms. The van der Waals surface area contributed by atoms with Gasteiger partial charge in [-0.3, -0.25) is 9.78 Å². The van der Waals surface area contributed by atoms with Gasteiger partial charge in [-0.25, -0.2) is 0 Å². The maximum atomic E-state index is 12.5. The fourth-order valence-corrected chi connectivity index (χ4v) is 2.69. The van der Waals surface area contributed by atoms with Gasteiger partial charge in [-0.05, 0) is 12.5 Å². The maximum absolute atomic E-state index is 12.5. The second-order valence-corrected chi connectivity index (χ2v) is 6.26. The Morgan fingerprint density at radius 1 is 1.19 bits per heavy atom. The first-order chi connectivity index (χ1) is 12.5. The first-order valence-electron chi connectivity index (χ1n) is 8.39. The van der Waals surface area contributed by atoms with Crippen molar-refractivity contribution in [1.29, 1.82) is 0 Å². The number of rotatable bonds is 8. The number of aromatic nitrogens is 1. The number of carbonyl (C=O) groups is 1. The average molecular weight is 378 g/mol. The minimum absolute atomic E-state index is 0.0600. The molecule has 0 saturated heterocycles. The number of nitrogens with one attached hydrogen (secondary N) is 1. The minimum atomic E-state index is -0.0600. The Morgan fingerprint density at radius 2 is 1.92 bits per heavy atom. The number of hydrogen-bond acceptors (Lipinski definition) is 5. The number of ether oxygens (including phenoxy) is 2. The Balaban J connectivity index is 2.25. The lowest BCUT2D eigenvalue weighted by Gasteiger charge is -2.17. The lowest BCUT2D eigenvalue weighted by atomic mass is 10.2. The van der Waals surface area contributed by atoms with Gasteiger partial charge in [0.15, 0.2) is 0 Å². The molecule has 0 radical (unpaired) electrons. The summed E-state index contributed by atoms with van der Waals surface area (Å²) in [6.45, 7) is 2.81. The van der Waals surface area contributed by atoms with E-state index in [-0.39, 0.29) is 5.91 Å². The molecule has 1 heterocycles.